The van der Waals surface area contributed by atoms with Gasteiger partial charge < -0.3 is 11.1 Å². The number of primary amides is 1. The van der Waals surface area contributed by atoms with E-state index < -0.39 is 22.0 Å². The molecular formula is C24H30N4O5S. The van der Waals surface area contributed by atoms with Crippen LogP contribution in [0, 0.1) is 0 Å². The number of fused-ring (bicyclic) bond motifs is 1. The van der Waals surface area contributed by atoms with Gasteiger partial charge in [0.25, 0.3) is 5.91 Å². The first-order valence-corrected chi connectivity index (χ1v) is 13.0. The third-order valence-electron chi connectivity index (χ3n) is 6.42. The Morgan fingerprint density at radius 3 is 2.35 bits per heavy atom. The second-order valence-corrected chi connectivity index (χ2v) is 11.8. The Morgan fingerprint density at radius 1 is 1.06 bits per heavy atom. The van der Waals surface area contributed by atoms with E-state index in [4.69, 9.17) is 5.73 Å². The summed E-state index contributed by atoms with van der Waals surface area (Å²) in [6.07, 6.45) is 0.958. The smallest absolute Gasteiger partial charge is 0.333 e. The predicted octanol–water partition coefficient (Wildman–Crippen LogP) is 3.50. The number of hydrogen-bond acceptors (Lipinski definition) is 5. The van der Waals surface area contributed by atoms with Crippen molar-refractivity contribution in [3.8, 4) is 5.69 Å². The number of aromatic nitrogens is 2. The van der Waals surface area contributed by atoms with Crippen molar-refractivity contribution in [3.63, 3.8) is 0 Å². The number of nitrogens with two attached hydrogens (primary N) is 1. The average Bonchev–Trinajstić information content (AvgIpc) is 3.07. The number of rotatable bonds is 5. The second kappa shape index (κ2) is 8.61. The molecule has 1 saturated heterocycles. The van der Waals surface area contributed by atoms with Crippen molar-refractivity contribution in [1.82, 2.24) is 14.5 Å². The first kappa shape index (κ1) is 24.1. The average molecular weight is 487 g/mol. The molecule has 2 amide bonds. The SMILES string of the molecule is CC(C)n1c(=O)n(-c2cccc(C(N)=O)c2)c2ccc(C(=O)NC3(C)CCS(O)(O)CC3)cc21. The van der Waals surface area contributed by atoms with E-state index >= 15 is 0 Å². The quantitative estimate of drug-likeness (QED) is 0.437. The second-order valence-electron chi connectivity index (χ2n) is 9.43. The Labute approximate surface area is 198 Å². The molecule has 0 spiro atoms. The van der Waals surface area contributed by atoms with E-state index in [9.17, 15) is 23.5 Å². The van der Waals surface area contributed by atoms with Crippen LogP contribution in [0.3, 0.4) is 0 Å². The first-order chi connectivity index (χ1) is 15.9. The fraction of sp³-hybridized carbons (Fsp3) is 0.375. The molecule has 4 rings (SSSR count). The molecule has 1 fully saturated rings. The van der Waals surface area contributed by atoms with Gasteiger partial charge in [0, 0.05) is 34.2 Å². The van der Waals surface area contributed by atoms with Crippen molar-refractivity contribution < 1.29 is 18.7 Å². The highest BCUT2D eigenvalue weighted by atomic mass is 32.3. The van der Waals surface area contributed by atoms with Crippen molar-refractivity contribution in [2.75, 3.05) is 11.5 Å². The van der Waals surface area contributed by atoms with Gasteiger partial charge in [-0.3, -0.25) is 27.8 Å². The maximum absolute atomic E-state index is 13.4. The van der Waals surface area contributed by atoms with E-state index in [1.807, 2.05) is 20.8 Å². The van der Waals surface area contributed by atoms with Crippen LogP contribution >= 0.6 is 10.6 Å². The summed E-state index contributed by atoms with van der Waals surface area (Å²) >= 11 is 0. The number of nitrogens with one attached hydrogen (secondary N) is 1. The number of benzene rings is 2. The molecule has 0 unspecified atom stereocenters. The number of amides is 2. The summed E-state index contributed by atoms with van der Waals surface area (Å²) in [5.41, 5.74) is 7.01. The van der Waals surface area contributed by atoms with E-state index in [0.717, 1.165) is 0 Å². The minimum absolute atomic E-state index is 0.171. The molecule has 0 saturated carbocycles. The van der Waals surface area contributed by atoms with Gasteiger partial charge in [-0.05, 0) is 70.0 Å². The van der Waals surface area contributed by atoms with Crippen molar-refractivity contribution in [1.29, 1.82) is 0 Å². The molecule has 5 N–H and O–H groups in total. The zero-order chi connectivity index (χ0) is 24.8. The molecule has 10 heteroatoms. The fourth-order valence-corrected chi connectivity index (χ4v) is 6.14. The number of carbonyl (C=O) groups excluding carboxylic acids is 2. The Kier molecular flexibility index (Phi) is 6.09. The van der Waals surface area contributed by atoms with Crippen LogP contribution in [0.25, 0.3) is 16.7 Å². The Morgan fingerprint density at radius 2 is 1.74 bits per heavy atom. The number of imidazole rings is 1. The normalized spacial score (nSPS) is 18.1. The highest BCUT2D eigenvalue weighted by Gasteiger charge is 2.35. The molecule has 1 aliphatic heterocycles. The van der Waals surface area contributed by atoms with Gasteiger partial charge in [-0.1, -0.05) is 6.07 Å². The van der Waals surface area contributed by atoms with Crippen molar-refractivity contribution in [3.05, 3.63) is 64.1 Å². The molecule has 0 radical (unpaired) electrons. The van der Waals surface area contributed by atoms with Crippen molar-refractivity contribution in [2.24, 2.45) is 5.73 Å². The zero-order valence-electron chi connectivity index (χ0n) is 19.4. The van der Waals surface area contributed by atoms with Crippen molar-refractivity contribution in [2.45, 2.75) is 45.2 Å². The minimum atomic E-state index is -2.56. The van der Waals surface area contributed by atoms with E-state index in [1.165, 1.54) is 4.57 Å². The predicted molar refractivity (Wildman–Crippen MR) is 134 cm³/mol. The topological polar surface area (TPSA) is 140 Å². The van der Waals surface area contributed by atoms with Crippen LogP contribution in [0.2, 0.25) is 0 Å². The third-order valence-corrected chi connectivity index (χ3v) is 8.13. The van der Waals surface area contributed by atoms with Gasteiger partial charge in [0.15, 0.2) is 0 Å². The molecule has 0 atom stereocenters. The van der Waals surface area contributed by atoms with Crippen molar-refractivity contribution >= 4 is 33.4 Å². The fourth-order valence-electron chi connectivity index (χ4n) is 4.38. The standard InChI is InChI=1S/C24H30N4O5S/c1-15(2)27-20-14-17(22(30)26-24(3)9-11-34(32,33)12-10-24)7-8-19(20)28(23(27)31)18-6-4-5-16(13-18)21(25)29/h4-8,13-15,32-33H,9-12H2,1-3H3,(H2,25,29)(H,26,30). The first-order valence-electron chi connectivity index (χ1n) is 11.1. The number of carbonyl (C=O) groups is 2. The van der Waals surface area contributed by atoms with Crippen LogP contribution in [-0.4, -0.2) is 47.1 Å². The molecule has 2 heterocycles. The highest BCUT2D eigenvalue weighted by Crippen LogP contribution is 2.46. The summed E-state index contributed by atoms with van der Waals surface area (Å²) in [4.78, 5) is 38.1. The molecular weight excluding hydrogens is 456 g/mol. The van der Waals surface area contributed by atoms with Gasteiger partial charge >= 0.3 is 5.69 Å². The summed E-state index contributed by atoms with van der Waals surface area (Å²) in [5.74, 6) is -0.334. The summed E-state index contributed by atoms with van der Waals surface area (Å²) in [5, 5.41) is 3.04. The lowest BCUT2D eigenvalue weighted by molar-refractivity contribution is 0.0898. The lowest BCUT2D eigenvalue weighted by Crippen LogP contribution is -2.50. The molecule has 0 bridgehead atoms. The van der Waals surface area contributed by atoms with Crippen LogP contribution in [-0.2, 0) is 0 Å². The van der Waals surface area contributed by atoms with Crippen LogP contribution < -0.4 is 16.7 Å². The van der Waals surface area contributed by atoms with E-state index in [1.54, 1.807) is 47.0 Å². The summed E-state index contributed by atoms with van der Waals surface area (Å²) < 4.78 is 22.9. The summed E-state index contributed by atoms with van der Waals surface area (Å²) in [6, 6.07) is 11.5. The molecule has 3 aromatic rings. The maximum atomic E-state index is 13.4. The third kappa shape index (κ3) is 4.48. The van der Waals surface area contributed by atoms with E-state index in [-0.39, 0.29) is 29.1 Å². The number of hydrogen-bond donors (Lipinski definition) is 4. The van der Waals surface area contributed by atoms with Crippen LogP contribution in [0.5, 0.6) is 0 Å². The van der Waals surface area contributed by atoms with Gasteiger partial charge in [0.1, 0.15) is 0 Å². The van der Waals surface area contributed by atoms with Crippen LogP contribution in [0.15, 0.2) is 47.3 Å². The molecule has 1 aliphatic rings. The number of nitrogens with zero attached hydrogens (tertiary/aromatic N) is 2. The summed E-state index contributed by atoms with van der Waals surface area (Å²) in [7, 11) is -2.56. The monoisotopic (exact) mass is 486 g/mol. The summed E-state index contributed by atoms with van der Waals surface area (Å²) in [6.45, 7) is 5.68. The Balaban J connectivity index is 1.75. The molecule has 2 aromatic carbocycles. The van der Waals surface area contributed by atoms with Crippen LogP contribution in [0.4, 0.5) is 0 Å². The largest absolute Gasteiger partial charge is 0.366 e. The minimum Gasteiger partial charge on any atom is -0.366 e. The molecule has 0 aliphatic carbocycles. The lowest BCUT2D eigenvalue weighted by atomic mass is 9.94. The van der Waals surface area contributed by atoms with Gasteiger partial charge in [-0.2, -0.15) is 10.6 Å². The van der Waals surface area contributed by atoms with Gasteiger partial charge in [0.2, 0.25) is 5.91 Å². The van der Waals surface area contributed by atoms with Gasteiger partial charge in [-0.15, -0.1) is 0 Å². The van der Waals surface area contributed by atoms with E-state index in [0.29, 0.717) is 40.7 Å². The lowest BCUT2D eigenvalue weighted by Gasteiger charge is -2.44. The van der Waals surface area contributed by atoms with Gasteiger partial charge in [0.05, 0.1) is 16.7 Å². The molecule has 182 valence electrons. The highest BCUT2D eigenvalue weighted by molar-refractivity contribution is 8.24. The molecule has 9 nitrogen and oxygen atoms in total. The Hall–Kier alpha value is -3.08. The maximum Gasteiger partial charge on any atom is 0.333 e. The molecule has 34 heavy (non-hydrogen) atoms. The van der Waals surface area contributed by atoms with E-state index in [2.05, 4.69) is 5.32 Å². The van der Waals surface area contributed by atoms with Gasteiger partial charge in [-0.25, -0.2) is 4.79 Å². The zero-order valence-corrected chi connectivity index (χ0v) is 20.3. The molecule has 1 aromatic heterocycles. The Bertz CT molecular complexity index is 1330. The van der Waals surface area contributed by atoms with Crippen LogP contribution in [0.1, 0.15) is 60.4 Å².